The maximum absolute atomic E-state index is 12.7. The quantitative estimate of drug-likeness (QED) is 0.124. The maximum Gasteiger partial charge on any atom is 0.330 e. The van der Waals surface area contributed by atoms with Crippen molar-refractivity contribution in [2.75, 3.05) is 20.8 Å². The van der Waals surface area contributed by atoms with Crippen LogP contribution in [0.15, 0.2) is 106 Å². The van der Waals surface area contributed by atoms with Gasteiger partial charge in [0.1, 0.15) is 34.8 Å². The van der Waals surface area contributed by atoms with E-state index in [0.29, 0.717) is 11.5 Å². The highest BCUT2D eigenvalue weighted by Gasteiger charge is 2.65. The van der Waals surface area contributed by atoms with Gasteiger partial charge >= 0.3 is 5.69 Å². The van der Waals surface area contributed by atoms with Gasteiger partial charge in [-0.15, -0.1) is 0 Å². The summed E-state index contributed by atoms with van der Waals surface area (Å²) < 4.78 is 32.1. The van der Waals surface area contributed by atoms with E-state index in [2.05, 4.69) is 15.0 Å². The van der Waals surface area contributed by atoms with Crippen LogP contribution in [0.1, 0.15) is 29.8 Å². The van der Waals surface area contributed by atoms with Crippen molar-refractivity contribution in [1.29, 1.82) is 0 Å². The van der Waals surface area contributed by atoms with Crippen LogP contribution in [-0.2, 0) is 19.8 Å². The largest absolute Gasteiger partial charge is 0.497 e. The smallest absolute Gasteiger partial charge is 0.330 e. The standard InChI is InChI=1S/C32H31N5O7/c1-20(31-19-42-27(28(31)35-36-33)29(44-31)37-18-17-26(38)34-30(37)39)43-32(21-7-5-4-6-8-21,22-9-13-24(40-2)14-10-22)23-11-15-25(41-3)16-12-23/h4-18,20,27-29H,19H2,1-3H3,(H,34,38,39)/t20?,27-,28+,29-,31-/m1/s1. The van der Waals surface area contributed by atoms with Crippen molar-refractivity contribution in [1.82, 2.24) is 9.55 Å². The lowest BCUT2D eigenvalue weighted by Crippen LogP contribution is -2.53. The molecule has 6 rings (SSSR count). The fourth-order valence-electron chi connectivity index (χ4n) is 6.22. The van der Waals surface area contributed by atoms with Gasteiger partial charge in [0.2, 0.25) is 0 Å². The van der Waals surface area contributed by atoms with Crippen molar-refractivity contribution < 1.29 is 23.7 Å². The number of ether oxygens (including phenoxy) is 5. The zero-order valence-electron chi connectivity index (χ0n) is 24.3. The van der Waals surface area contributed by atoms with Crippen LogP contribution in [0.25, 0.3) is 10.4 Å². The molecule has 44 heavy (non-hydrogen) atoms. The summed E-state index contributed by atoms with van der Waals surface area (Å²) in [6, 6.07) is 25.4. The number of aromatic nitrogens is 2. The van der Waals surface area contributed by atoms with Gasteiger partial charge in [-0.3, -0.25) is 14.3 Å². The lowest BCUT2D eigenvalue weighted by molar-refractivity contribution is -0.226. The molecule has 1 N–H and O–H groups in total. The molecule has 12 nitrogen and oxygen atoms in total. The van der Waals surface area contributed by atoms with Crippen molar-refractivity contribution in [3.05, 3.63) is 139 Å². The molecule has 3 heterocycles. The first-order valence-corrected chi connectivity index (χ1v) is 14.0. The molecule has 2 saturated heterocycles. The Kier molecular flexibility index (Phi) is 7.74. The summed E-state index contributed by atoms with van der Waals surface area (Å²) in [6.45, 7) is 1.89. The zero-order valence-corrected chi connectivity index (χ0v) is 24.3. The van der Waals surface area contributed by atoms with Crippen molar-refractivity contribution >= 4 is 0 Å². The molecule has 226 valence electrons. The van der Waals surface area contributed by atoms with Gasteiger partial charge in [0.25, 0.3) is 5.56 Å². The highest BCUT2D eigenvalue weighted by Crippen LogP contribution is 2.52. The van der Waals surface area contributed by atoms with Gasteiger partial charge in [-0.1, -0.05) is 59.7 Å². The summed E-state index contributed by atoms with van der Waals surface area (Å²) in [4.78, 5) is 29.8. The number of rotatable bonds is 10. The third-order valence-electron chi connectivity index (χ3n) is 8.45. The molecule has 0 spiro atoms. The second kappa shape index (κ2) is 11.7. The van der Waals surface area contributed by atoms with Crippen molar-refractivity contribution in [2.45, 2.75) is 42.6 Å². The van der Waals surface area contributed by atoms with Gasteiger partial charge in [-0.25, -0.2) is 4.79 Å². The summed E-state index contributed by atoms with van der Waals surface area (Å²) in [6.07, 6.45) is -1.20. The van der Waals surface area contributed by atoms with Crippen LogP contribution < -0.4 is 20.7 Å². The average Bonchev–Trinajstić information content (AvgIpc) is 3.57. The van der Waals surface area contributed by atoms with Crippen LogP contribution in [0.2, 0.25) is 0 Å². The second-order valence-electron chi connectivity index (χ2n) is 10.7. The predicted octanol–water partition coefficient (Wildman–Crippen LogP) is 4.30. The van der Waals surface area contributed by atoms with Crippen LogP contribution in [0.3, 0.4) is 0 Å². The van der Waals surface area contributed by atoms with E-state index in [-0.39, 0.29) is 6.61 Å². The third-order valence-corrected chi connectivity index (χ3v) is 8.45. The second-order valence-corrected chi connectivity index (χ2v) is 10.7. The molecule has 0 saturated carbocycles. The van der Waals surface area contributed by atoms with Crippen LogP contribution in [0.5, 0.6) is 11.5 Å². The van der Waals surface area contributed by atoms with Gasteiger partial charge in [0, 0.05) is 17.2 Å². The van der Waals surface area contributed by atoms with Crippen LogP contribution in [0, 0.1) is 0 Å². The van der Waals surface area contributed by atoms with Crippen molar-refractivity contribution in [2.24, 2.45) is 5.11 Å². The van der Waals surface area contributed by atoms with E-state index in [4.69, 9.17) is 23.7 Å². The average molecular weight is 598 g/mol. The van der Waals surface area contributed by atoms with E-state index >= 15 is 0 Å². The summed E-state index contributed by atoms with van der Waals surface area (Å²) in [7, 11) is 3.21. The third kappa shape index (κ3) is 4.74. The summed E-state index contributed by atoms with van der Waals surface area (Å²) in [5.74, 6) is 1.36. The Balaban J connectivity index is 1.51. The van der Waals surface area contributed by atoms with Gasteiger partial charge in [0.15, 0.2) is 6.23 Å². The molecule has 2 aliphatic heterocycles. The monoisotopic (exact) mass is 597 g/mol. The molecule has 5 atom stereocenters. The SMILES string of the molecule is COc1ccc(C(OC(C)[C@@]23CO[C@@H]([C@H](n4ccc(=O)[nH]c4=O)O2)[C@@H]3N=[N+]=[N-])(c2ccccc2)c2ccc(OC)cc2)cc1. The summed E-state index contributed by atoms with van der Waals surface area (Å²) in [5.41, 5.74) is 8.33. The molecule has 0 radical (unpaired) electrons. The van der Waals surface area contributed by atoms with Crippen LogP contribution >= 0.6 is 0 Å². The Labute approximate surface area is 252 Å². The molecule has 4 aromatic rings. The highest BCUT2D eigenvalue weighted by molar-refractivity contribution is 5.50. The lowest BCUT2D eigenvalue weighted by Gasteiger charge is -2.44. The fraction of sp³-hybridized carbons (Fsp3) is 0.312. The molecule has 2 bridgehead atoms. The summed E-state index contributed by atoms with van der Waals surface area (Å²) in [5, 5.41) is 4.09. The molecular formula is C32H31N5O7. The van der Waals surface area contributed by atoms with E-state index in [1.807, 2.05) is 85.8 Å². The Morgan fingerprint density at radius 2 is 1.55 bits per heavy atom. The molecule has 3 aromatic carbocycles. The van der Waals surface area contributed by atoms with E-state index in [1.165, 1.54) is 16.8 Å². The zero-order chi connectivity index (χ0) is 30.9. The van der Waals surface area contributed by atoms with E-state index < -0.39 is 46.9 Å². The minimum atomic E-state index is -1.28. The van der Waals surface area contributed by atoms with Gasteiger partial charge < -0.3 is 23.7 Å². The van der Waals surface area contributed by atoms with Gasteiger partial charge in [-0.2, -0.15) is 0 Å². The number of nitrogens with one attached hydrogen (secondary N) is 1. The summed E-state index contributed by atoms with van der Waals surface area (Å²) >= 11 is 0. The molecule has 0 aliphatic carbocycles. The number of methoxy groups -OCH3 is 2. The number of aromatic amines is 1. The van der Waals surface area contributed by atoms with Crippen molar-refractivity contribution in [3.8, 4) is 11.5 Å². The number of azide groups is 1. The fourth-order valence-corrected chi connectivity index (χ4v) is 6.22. The maximum atomic E-state index is 12.7. The van der Waals surface area contributed by atoms with E-state index in [0.717, 1.165) is 16.7 Å². The number of benzene rings is 3. The number of hydrogen-bond donors (Lipinski definition) is 1. The number of H-pyrrole nitrogens is 1. The Morgan fingerprint density at radius 3 is 2.09 bits per heavy atom. The van der Waals surface area contributed by atoms with Gasteiger partial charge in [-0.05, 0) is 53.4 Å². The molecular weight excluding hydrogens is 566 g/mol. The molecule has 2 fully saturated rings. The number of fused-ring (bicyclic) bond motifs is 2. The Bertz CT molecular complexity index is 1740. The first-order chi connectivity index (χ1) is 21.4. The van der Waals surface area contributed by atoms with Crippen LogP contribution in [-0.4, -0.2) is 54.2 Å². The van der Waals surface area contributed by atoms with Gasteiger partial charge in [0.05, 0.1) is 26.9 Å². The normalized spacial score (nSPS) is 23.1. The molecule has 1 unspecified atom stereocenters. The first kappa shape index (κ1) is 29.2. The topological polar surface area (TPSA) is 150 Å². The number of nitrogens with zero attached hydrogens (tertiary/aromatic N) is 4. The minimum Gasteiger partial charge on any atom is -0.497 e. The van der Waals surface area contributed by atoms with E-state index in [1.54, 1.807) is 14.2 Å². The molecule has 2 aliphatic rings. The Morgan fingerprint density at radius 1 is 0.955 bits per heavy atom. The van der Waals surface area contributed by atoms with Crippen LogP contribution in [0.4, 0.5) is 0 Å². The molecule has 0 amide bonds. The Hall–Kier alpha value is -4.87. The number of hydrogen-bond acceptors (Lipinski definition) is 8. The minimum absolute atomic E-state index is 0.0488. The molecule has 1 aromatic heterocycles. The highest BCUT2D eigenvalue weighted by atomic mass is 16.6. The predicted molar refractivity (Wildman–Crippen MR) is 160 cm³/mol. The molecule has 12 heteroatoms. The van der Waals surface area contributed by atoms with E-state index in [9.17, 15) is 15.1 Å². The first-order valence-electron chi connectivity index (χ1n) is 14.0. The lowest BCUT2D eigenvalue weighted by atomic mass is 9.79. The van der Waals surface area contributed by atoms with Crippen molar-refractivity contribution in [3.63, 3.8) is 0 Å².